The molecule has 1 atom stereocenters. The van der Waals surface area contributed by atoms with E-state index in [1.54, 1.807) is 0 Å². The van der Waals surface area contributed by atoms with Gasteiger partial charge in [-0.1, -0.05) is 35.3 Å². The second-order valence-electron chi connectivity index (χ2n) is 4.44. The quantitative estimate of drug-likeness (QED) is 0.876. The Morgan fingerprint density at radius 2 is 1.84 bits per heavy atom. The summed E-state index contributed by atoms with van der Waals surface area (Å²) in [7, 11) is 0. The zero-order chi connectivity index (χ0) is 13.8. The van der Waals surface area contributed by atoms with Gasteiger partial charge >= 0.3 is 0 Å². The Kier molecular flexibility index (Phi) is 4.70. The SMILES string of the molecule is Cc1cc(Cl)ccc1C(CN)Nc1cccc(Cl)c1. The molecule has 0 saturated carbocycles. The Bertz CT molecular complexity index is 570. The first-order chi connectivity index (χ1) is 9.10. The third-order valence-electron chi connectivity index (χ3n) is 3.01. The number of hydrogen-bond acceptors (Lipinski definition) is 2. The van der Waals surface area contributed by atoms with Crippen molar-refractivity contribution in [3.8, 4) is 0 Å². The molecule has 0 aliphatic rings. The largest absolute Gasteiger partial charge is 0.377 e. The van der Waals surface area contributed by atoms with Crippen LogP contribution in [-0.4, -0.2) is 6.54 Å². The van der Waals surface area contributed by atoms with Gasteiger partial charge in [0.2, 0.25) is 0 Å². The zero-order valence-corrected chi connectivity index (χ0v) is 12.2. The van der Waals surface area contributed by atoms with Crippen LogP contribution in [0.2, 0.25) is 10.0 Å². The third kappa shape index (κ3) is 3.63. The van der Waals surface area contributed by atoms with Gasteiger partial charge in [-0.3, -0.25) is 0 Å². The number of anilines is 1. The van der Waals surface area contributed by atoms with E-state index < -0.39 is 0 Å². The Morgan fingerprint density at radius 3 is 2.47 bits per heavy atom. The van der Waals surface area contributed by atoms with Crippen molar-refractivity contribution in [3.05, 3.63) is 63.6 Å². The summed E-state index contributed by atoms with van der Waals surface area (Å²) < 4.78 is 0. The van der Waals surface area contributed by atoms with E-state index >= 15 is 0 Å². The van der Waals surface area contributed by atoms with Crippen LogP contribution in [0, 0.1) is 6.92 Å². The molecule has 2 aromatic rings. The molecular formula is C15H16Cl2N2. The highest BCUT2D eigenvalue weighted by Gasteiger charge is 2.12. The van der Waals surface area contributed by atoms with Gasteiger partial charge in [0, 0.05) is 22.3 Å². The normalized spacial score (nSPS) is 12.2. The number of halogens is 2. The minimum Gasteiger partial charge on any atom is -0.377 e. The van der Waals surface area contributed by atoms with Gasteiger partial charge in [0.15, 0.2) is 0 Å². The molecule has 0 aliphatic heterocycles. The highest BCUT2D eigenvalue weighted by molar-refractivity contribution is 6.31. The molecule has 1 unspecified atom stereocenters. The molecular weight excluding hydrogens is 279 g/mol. The minimum absolute atomic E-state index is 0.0377. The van der Waals surface area contributed by atoms with Gasteiger partial charge in [-0.05, 0) is 48.4 Å². The van der Waals surface area contributed by atoms with Gasteiger partial charge in [0.25, 0.3) is 0 Å². The van der Waals surface area contributed by atoms with E-state index in [9.17, 15) is 0 Å². The first-order valence-electron chi connectivity index (χ1n) is 6.08. The van der Waals surface area contributed by atoms with E-state index in [2.05, 4.69) is 5.32 Å². The van der Waals surface area contributed by atoms with E-state index in [1.807, 2.05) is 49.4 Å². The predicted octanol–water partition coefficient (Wildman–Crippen LogP) is 4.41. The molecule has 0 fully saturated rings. The second-order valence-corrected chi connectivity index (χ2v) is 5.32. The fourth-order valence-electron chi connectivity index (χ4n) is 2.07. The number of hydrogen-bond donors (Lipinski definition) is 2. The predicted molar refractivity (Wildman–Crippen MR) is 83.1 cm³/mol. The maximum absolute atomic E-state index is 5.98. The minimum atomic E-state index is 0.0377. The Hall–Kier alpha value is -1.22. The van der Waals surface area contributed by atoms with Gasteiger partial charge in [-0.15, -0.1) is 0 Å². The van der Waals surface area contributed by atoms with Crippen molar-refractivity contribution in [2.75, 3.05) is 11.9 Å². The summed E-state index contributed by atoms with van der Waals surface area (Å²) in [4.78, 5) is 0. The Labute approximate surface area is 123 Å². The fraction of sp³-hybridized carbons (Fsp3) is 0.200. The number of aryl methyl sites for hydroxylation is 1. The summed E-state index contributed by atoms with van der Waals surface area (Å²) in [6, 6.07) is 13.5. The van der Waals surface area contributed by atoms with E-state index in [0.717, 1.165) is 21.8 Å². The Morgan fingerprint density at radius 1 is 1.11 bits per heavy atom. The number of nitrogens with two attached hydrogens (primary N) is 1. The Balaban J connectivity index is 2.25. The molecule has 3 N–H and O–H groups in total. The number of benzene rings is 2. The molecule has 0 spiro atoms. The third-order valence-corrected chi connectivity index (χ3v) is 3.48. The summed E-state index contributed by atoms with van der Waals surface area (Å²) >= 11 is 12.0. The van der Waals surface area contributed by atoms with Crippen LogP contribution in [0.25, 0.3) is 0 Å². The van der Waals surface area contributed by atoms with Crippen molar-refractivity contribution in [1.82, 2.24) is 0 Å². The lowest BCUT2D eigenvalue weighted by Gasteiger charge is -2.21. The standard InChI is InChI=1S/C15H16Cl2N2/c1-10-7-12(17)5-6-14(10)15(9-18)19-13-4-2-3-11(16)8-13/h2-8,15,19H,9,18H2,1H3. The van der Waals surface area contributed by atoms with Crippen molar-refractivity contribution in [1.29, 1.82) is 0 Å². The van der Waals surface area contributed by atoms with Crippen molar-refractivity contribution in [2.24, 2.45) is 5.73 Å². The summed E-state index contributed by atoms with van der Waals surface area (Å²) in [5, 5.41) is 4.83. The van der Waals surface area contributed by atoms with E-state index in [4.69, 9.17) is 28.9 Å². The molecule has 19 heavy (non-hydrogen) atoms. The summed E-state index contributed by atoms with van der Waals surface area (Å²) in [6.45, 7) is 2.53. The average Bonchev–Trinajstić information content (AvgIpc) is 2.37. The maximum Gasteiger partial charge on any atom is 0.0638 e. The average molecular weight is 295 g/mol. The molecule has 0 bridgehead atoms. The first-order valence-corrected chi connectivity index (χ1v) is 6.84. The van der Waals surface area contributed by atoms with Gasteiger partial charge in [-0.25, -0.2) is 0 Å². The number of nitrogens with one attached hydrogen (secondary N) is 1. The topological polar surface area (TPSA) is 38.0 Å². The molecule has 0 aromatic heterocycles. The van der Waals surface area contributed by atoms with Crippen LogP contribution in [0.4, 0.5) is 5.69 Å². The molecule has 100 valence electrons. The highest BCUT2D eigenvalue weighted by atomic mass is 35.5. The summed E-state index contributed by atoms with van der Waals surface area (Å²) in [5.41, 5.74) is 9.09. The van der Waals surface area contributed by atoms with Crippen molar-refractivity contribution < 1.29 is 0 Å². The molecule has 2 aromatic carbocycles. The van der Waals surface area contributed by atoms with Gasteiger partial charge in [0.05, 0.1) is 6.04 Å². The molecule has 0 radical (unpaired) electrons. The molecule has 4 heteroatoms. The van der Waals surface area contributed by atoms with Crippen molar-refractivity contribution in [3.63, 3.8) is 0 Å². The van der Waals surface area contributed by atoms with E-state index in [0.29, 0.717) is 11.6 Å². The fourth-order valence-corrected chi connectivity index (χ4v) is 2.49. The van der Waals surface area contributed by atoms with Crippen LogP contribution in [0.3, 0.4) is 0 Å². The molecule has 2 rings (SSSR count). The van der Waals surface area contributed by atoms with Crippen LogP contribution < -0.4 is 11.1 Å². The lowest BCUT2D eigenvalue weighted by atomic mass is 10.0. The molecule has 0 heterocycles. The van der Waals surface area contributed by atoms with Crippen LogP contribution in [-0.2, 0) is 0 Å². The molecule has 2 nitrogen and oxygen atoms in total. The molecule has 0 saturated heterocycles. The lowest BCUT2D eigenvalue weighted by Crippen LogP contribution is -2.21. The molecule has 0 amide bonds. The van der Waals surface area contributed by atoms with E-state index in [1.165, 1.54) is 0 Å². The van der Waals surface area contributed by atoms with Crippen LogP contribution >= 0.6 is 23.2 Å². The van der Waals surface area contributed by atoms with Gasteiger partial charge in [-0.2, -0.15) is 0 Å². The first kappa shape index (κ1) is 14.2. The smallest absolute Gasteiger partial charge is 0.0638 e. The molecule has 0 aliphatic carbocycles. The summed E-state index contributed by atoms with van der Waals surface area (Å²) in [6.07, 6.45) is 0. The van der Waals surface area contributed by atoms with Crippen LogP contribution in [0.5, 0.6) is 0 Å². The monoisotopic (exact) mass is 294 g/mol. The maximum atomic E-state index is 5.98. The summed E-state index contributed by atoms with van der Waals surface area (Å²) in [5.74, 6) is 0. The lowest BCUT2D eigenvalue weighted by molar-refractivity contribution is 0.784. The van der Waals surface area contributed by atoms with E-state index in [-0.39, 0.29) is 6.04 Å². The number of rotatable bonds is 4. The highest BCUT2D eigenvalue weighted by Crippen LogP contribution is 2.25. The van der Waals surface area contributed by atoms with Crippen LogP contribution in [0.15, 0.2) is 42.5 Å². The van der Waals surface area contributed by atoms with Gasteiger partial charge in [0.1, 0.15) is 0 Å². The van der Waals surface area contributed by atoms with Crippen LogP contribution in [0.1, 0.15) is 17.2 Å². The second kappa shape index (κ2) is 6.29. The van der Waals surface area contributed by atoms with Crippen molar-refractivity contribution in [2.45, 2.75) is 13.0 Å². The zero-order valence-electron chi connectivity index (χ0n) is 10.7. The van der Waals surface area contributed by atoms with Gasteiger partial charge < -0.3 is 11.1 Å². The van der Waals surface area contributed by atoms with Crippen molar-refractivity contribution >= 4 is 28.9 Å².